The summed E-state index contributed by atoms with van der Waals surface area (Å²) in [5, 5.41) is 9.29. The van der Waals surface area contributed by atoms with Crippen molar-refractivity contribution in [1.82, 2.24) is 4.98 Å². The van der Waals surface area contributed by atoms with E-state index >= 15 is 0 Å². The van der Waals surface area contributed by atoms with E-state index in [4.69, 9.17) is 0 Å². The van der Waals surface area contributed by atoms with Gasteiger partial charge in [-0.2, -0.15) is 5.26 Å². The van der Waals surface area contributed by atoms with Crippen LogP contribution in [0.3, 0.4) is 0 Å². The van der Waals surface area contributed by atoms with Crippen LogP contribution in [0.15, 0.2) is 12.3 Å². The quantitative estimate of drug-likeness (QED) is 0.760. The van der Waals surface area contributed by atoms with Gasteiger partial charge >= 0.3 is 0 Å². The molecule has 0 aromatic carbocycles. The van der Waals surface area contributed by atoms with Crippen molar-refractivity contribution in [1.29, 1.82) is 5.26 Å². The number of aryl methyl sites for hydroxylation is 1. The molecule has 2 rings (SSSR count). The molecule has 18 heavy (non-hydrogen) atoms. The molecule has 0 saturated carbocycles. The predicted molar refractivity (Wildman–Crippen MR) is 73.5 cm³/mol. The minimum atomic E-state index is 0.408. The van der Waals surface area contributed by atoms with Crippen molar-refractivity contribution < 1.29 is 0 Å². The Kier molecular flexibility index (Phi) is 3.56. The maximum Gasteiger partial charge on any atom is 0.146 e. The summed E-state index contributed by atoms with van der Waals surface area (Å²) in [7, 11) is 0. The molecule has 0 radical (unpaired) electrons. The molecule has 0 aliphatic carbocycles. The number of nitriles is 1. The van der Waals surface area contributed by atoms with Gasteiger partial charge in [0, 0.05) is 19.3 Å². The molecule has 96 valence electrons. The second-order valence-corrected chi connectivity index (χ2v) is 5.94. The number of rotatable bonds is 1. The van der Waals surface area contributed by atoms with Gasteiger partial charge in [0.2, 0.25) is 0 Å². The number of pyridine rings is 1. The summed E-state index contributed by atoms with van der Waals surface area (Å²) in [6.07, 6.45) is 5.39. The highest BCUT2D eigenvalue weighted by atomic mass is 15.2. The van der Waals surface area contributed by atoms with Gasteiger partial charge in [-0.05, 0) is 43.2 Å². The zero-order valence-corrected chi connectivity index (χ0v) is 11.5. The van der Waals surface area contributed by atoms with E-state index in [0.717, 1.165) is 36.5 Å². The monoisotopic (exact) mass is 243 g/mol. The minimum absolute atomic E-state index is 0.408. The molecule has 0 N–H and O–H groups in total. The van der Waals surface area contributed by atoms with Crippen molar-refractivity contribution in [2.24, 2.45) is 5.41 Å². The van der Waals surface area contributed by atoms with E-state index in [2.05, 4.69) is 29.8 Å². The Morgan fingerprint density at radius 3 is 2.83 bits per heavy atom. The molecule has 1 saturated heterocycles. The summed E-state index contributed by atoms with van der Waals surface area (Å²) in [5.41, 5.74) is 2.16. The number of anilines is 1. The maximum absolute atomic E-state index is 9.29. The number of aromatic nitrogens is 1. The van der Waals surface area contributed by atoms with E-state index in [1.807, 2.05) is 19.2 Å². The van der Waals surface area contributed by atoms with E-state index < -0.39 is 0 Å². The summed E-state index contributed by atoms with van der Waals surface area (Å²) >= 11 is 0. The molecular weight excluding hydrogens is 222 g/mol. The van der Waals surface area contributed by atoms with Crippen LogP contribution in [-0.4, -0.2) is 18.1 Å². The molecule has 3 heteroatoms. The Balaban J connectivity index is 2.27. The molecule has 1 aliphatic rings. The SMILES string of the molecule is Cc1ccnc(N2CCCC(C)(C)CC2)c1C#N. The second-order valence-electron chi connectivity index (χ2n) is 5.94. The minimum Gasteiger partial charge on any atom is -0.355 e. The van der Waals surface area contributed by atoms with Crippen LogP contribution in [0, 0.1) is 23.7 Å². The first-order valence-electron chi connectivity index (χ1n) is 6.64. The van der Waals surface area contributed by atoms with Gasteiger partial charge < -0.3 is 4.90 Å². The number of hydrogen-bond acceptors (Lipinski definition) is 3. The van der Waals surface area contributed by atoms with Gasteiger partial charge in [-0.3, -0.25) is 0 Å². The second kappa shape index (κ2) is 4.97. The van der Waals surface area contributed by atoms with Crippen LogP contribution in [0.25, 0.3) is 0 Å². The van der Waals surface area contributed by atoms with Crippen LogP contribution in [0.4, 0.5) is 5.82 Å². The van der Waals surface area contributed by atoms with E-state index in [1.165, 1.54) is 12.8 Å². The van der Waals surface area contributed by atoms with Crippen molar-refractivity contribution in [2.45, 2.75) is 40.0 Å². The Bertz CT molecular complexity index is 471. The summed E-state index contributed by atoms with van der Waals surface area (Å²) < 4.78 is 0. The molecular formula is C15H21N3. The van der Waals surface area contributed by atoms with Gasteiger partial charge in [-0.25, -0.2) is 4.98 Å². The van der Waals surface area contributed by atoms with Gasteiger partial charge in [0.1, 0.15) is 11.9 Å². The predicted octanol–water partition coefficient (Wildman–Crippen LogP) is 3.28. The Labute approximate surface area is 109 Å². The van der Waals surface area contributed by atoms with Crippen LogP contribution in [0.2, 0.25) is 0 Å². The molecule has 1 aromatic rings. The molecule has 1 fully saturated rings. The van der Waals surface area contributed by atoms with Crippen molar-refractivity contribution in [3.8, 4) is 6.07 Å². The highest BCUT2D eigenvalue weighted by Crippen LogP contribution is 2.32. The van der Waals surface area contributed by atoms with Gasteiger partial charge in [-0.1, -0.05) is 13.8 Å². The third-order valence-corrected chi connectivity index (χ3v) is 3.89. The average Bonchev–Trinajstić information content (AvgIpc) is 2.50. The van der Waals surface area contributed by atoms with Crippen molar-refractivity contribution >= 4 is 5.82 Å². The van der Waals surface area contributed by atoms with Crippen molar-refractivity contribution in [2.75, 3.05) is 18.0 Å². The lowest BCUT2D eigenvalue weighted by Gasteiger charge is -2.25. The van der Waals surface area contributed by atoms with Crippen molar-refractivity contribution in [3.05, 3.63) is 23.4 Å². The van der Waals surface area contributed by atoms with Crippen LogP contribution < -0.4 is 4.90 Å². The fourth-order valence-electron chi connectivity index (χ4n) is 2.56. The molecule has 1 aromatic heterocycles. The molecule has 0 amide bonds. The smallest absolute Gasteiger partial charge is 0.146 e. The average molecular weight is 243 g/mol. The standard InChI is InChI=1S/C15H21N3/c1-12-5-8-17-14(13(12)11-16)18-9-4-6-15(2,3)7-10-18/h5,8H,4,6-7,9-10H2,1-3H3. The fourth-order valence-corrected chi connectivity index (χ4v) is 2.56. The highest BCUT2D eigenvalue weighted by Gasteiger charge is 2.24. The fraction of sp³-hybridized carbons (Fsp3) is 0.600. The van der Waals surface area contributed by atoms with Crippen molar-refractivity contribution in [3.63, 3.8) is 0 Å². The third-order valence-electron chi connectivity index (χ3n) is 3.89. The van der Waals surface area contributed by atoms with Crippen LogP contribution >= 0.6 is 0 Å². The molecule has 0 atom stereocenters. The summed E-state index contributed by atoms with van der Waals surface area (Å²) in [6, 6.07) is 4.20. The topological polar surface area (TPSA) is 39.9 Å². The van der Waals surface area contributed by atoms with Gasteiger partial charge in [0.05, 0.1) is 5.56 Å². The number of nitrogens with zero attached hydrogens (tertiary/aromatic N) is 3. The molecule has 0 spiro atoms. The normalized spacial score (nSPS) is 19.1. The zero-order valence-electron chi connectivity index (χ0n) is 11.5. The first kappa shape index (κ1) is 12.9. The van der Waals surface area contributed by atoms with E-state index in [-0.39, 0.29) is 0 Å². The first-order valence-corrected chi connectivity index (χ1v) is 6.64. The Morgan fingerprint density at radius 2 is 2.11 bits per heavy atom. The summed E-state index contributed by atoms with van der Waals surface area (Å²) in [5.74, 6) is 0.871. The van der Waals surface area contributed by atoms with E-state index in [0.29, 0.717) is 5.41 Å². The highest BCUT2D eigenvalue weighted by molar-refractivity contribution is 5.57. The number of hydrogen-bond donors (Lipinski definition) is 0. The lowest BCUT2D eigenvalue weighted by molar-refractivity contribution is 0.325. The van der Waals surface area contributed by atoms with Gasteiger partial charge in [0.15, 0.2) is 0 Å². The Hall–Kier alpha value is -1.56. The summed E-state index contributed by atoms with van der Waals surface area (Å²) in [4.78, 5) is 6.70. The largest absolute Gasteiger partial charge is 0.355 e. The van der Waals surface area contributed by atoms with Crippen LogP contribution in [0.1, 0.15) is 44.2 Å². The maximum atomic E-state index is 9.29. The lowest BCUT2D eigenvalue weighted by atomic mass is 9.85. The van der Waals surface area contributed by atoms with E-state index in [9.17, 15) is 5.26 Å². The van der Waals surface area contributed by atoms with Crippen LogP contribution in [0.5, 0.6) is 0 Å². The lowest BCUT2D eigenvalue weighted by Crippen LogP contribution is -2.27. The first-order chi connectivity index (χ1) is 8.53. The van der Waals surface area contributed by atoms with Gasteiger partial charge in [0.25, 0.3) is 0 Å². The molecule has 3 nitrogen and oxygen atoms in total. The molecule has 1 aliphatic heterocycles. The molecule has 0 unspecified atom stereocenters. The van der Waals surface area contributed by atoms with Gasteiger partial charge in [-0.15, -0.1) is 0 Å². The zero-order chi connectivity index (χ0) is 13.2. The summed E-state index contributed by atoms with van der Waals surface area (Å²) in [6.45, 7) is 8.63. The van der Waals surface area contributed by atoms with Crippen LogP contribution in [-0.2, 0) is 0 Å². The molecule has 2 heterocycles. The Morgan fingerprint density at radius 1 is 1.33 bits per heavy atom. The van der Waals surface area contributed by atoms with E-state index in [1.54, 1.807) is 0 Å². The third kappa shape index (κ3) is 2.64. The molecule has 0 bridgehead atoms.